The third kappa shape index (κ3) is 4.62. The van der Waals surface area contributed by atoms with Crippen LogP contribution in [0.2, 0.25) is 5.02 Å². The maximum Gasteiger partial charge on any atom is 0.231 e. The van der Waals surface area contributed by atoms with E-state index < -0.39 is 5.82 Å². The van der Waals surface area contributed by atoms with Gasteiger partial charge in [-0.3, -0.25) is 4.79 Å². The van der Waals surface area contributed by atoms with Crippen molar-refractivity contribution < 1.29 is 23.4 Å². The molecule has 4 rings (SSSR count). The summed E-state index contributed by atoms with van der Waals surface area (Å²) in [6.07, 6.45) is 5.20. The van der Waals surface area contributed by atoms with Crippen LogP contribution in [0.15, 0.2) is 78.6 Å². The summed E-state index contributed by atoms with van der Waals surface area (Å²) in [5.41, 5.74) is 2.01. The molecule has 0 bridgehead atoms. The van der Waals surface area contributed by atoms with Crippen molar-refractivity contribution in [2.75, 3.05) is 7.11 Å². The first-order valence-corrected chi connectivity index (χ1v) is 9.87. The molecule has 0 radical (unpaired) electrons. The Hall–Kier alpha value is -3.57. The van der Waals surface area contributed by atoms with E-state index in [9.17, 15) is 9.18 Å². The van der Waals surface area contributed by atoms with Crippen molar-refractivity contribution in [1.29, 1.82) is 0 Å². The first-order chi connectivity index (χ1) is 15.0. The van der Waals surface area contributed by atoms with Crippen molar-refractivity contribution in [2.24, 2.45) is 0 Å². The van der Waals surface area contributed by atoms with Crippen molar-refractivity contribution >= 4 is 23.5 Å². The number of para-hydroxylation sites is 1. The number of hydrogen-bond acceptors (Lipinski definition) is 4. The molecule has 0 aliphatic carbocycles. The van der Waals surface area contributed by atoms with E-state index in [2.05, 4.69) is 0 Å². The lowest BCUT2D eigenvalue weighted by molar-refractivity contribution is 0.101. The Morgan fingerprint density at radius 2 is 1.94 bits per heavy atom. The number of carbonyl (C=O) groups excluding carboxylic acids is 1. The average Bonchev–Trinajstić information content (AvgIpc) is 3.08. The van der Waals surface area contributed by atoms with Crippen LogP contribution in [-0.2, 0) is 6.61 Å². The number of methoxy groups -OCH3 is 1. The molecule has 6 heteroatoms. The summed E-state index contributed by atoms with van der Waals surface area (Å²) in [5.74, 6) is 1.29. The lowest BCUT2D eigenvalue weighted by Crippen LogP contribution is -1.97. The molecular formula is C25H18ClFO4. The number of hydrogen-bond donors (Lipinski definition) is 0. The molecule has 0 N–H and O–H groups in total. The largest absolute Gasteiger partial charge is 0.496 e. The van der Waals surface area contributed by atoms with Crippen LogP contribution in [0.25, 0.3) is 6.08 Å². The number of rotatable bonds is 6. The Balaban J connectivity index is 1.46. The predicted octanol–water partition coefficient (Wildman–Crippen LogP) is 6.24. The molecule has 4 nitrogen and oxygen atoms in total. The molecular weight excluding hydrogens is 419 g/mol. The van der Waals surface area contributed by atoms with Crippen LogP contribution in [0, 0.1) is 5.82 Å². The molecule has 0 unspecified atom stereocenters. The van der Waals surface area contributed by atoms with Crippen LogP contribution in [0.4, 0.5) is 4.39 Å². The van der Waals surface area contributed by atoms with Crippen LogP contribution in [0.5, 0.6) is 17.2 Å². The van der Waals surface area contributed by atoms with Crippen molar-refractivity contribution in [3.05, 3.63) is 106 Å². The van der Waals surface area contributed by atoms with E-state index in [1.165, 1.54) is 12.1 Å². The summed E-state index contributed by atoms with van der Waals surface area (Å²) < 4.78 is 29.9. The fourth-order valence-corrected chi connectivity index (χ4v) is 3.34. The third-order valence-electron chi connectivity index (χ3n) is 4.71. The van der Waals surface area contributed by atoms with Gasteiger partial charge in [0.2, 0.25) is 5.78 Å². The Morgan fingerprint density at radius 1 is 1.10 bits per heavy atom. The first-order valence-electron chi connectivity index (χ1n) is 9.50. The molecule has 3 aromatic rings. The quantitative estimate of drug-likeness (QED) is 0.429. The molecule has 0 spiro atoms. The van der Waals surface area contributed by atoms with E-state index in [4.69, 9.17) is 25.8 Å². The average molecular weight is 437 g/mol. The highest BCUT2D eigenvalue weighted by atomic mass is 35.5. The fraction of sp³-hybridized carbons (Fsp3) is 0.0800. The van der Waals surface area contributed by atoms with Gasteiger partial charge in [-0.1, -0.05) is 48.0 Å². The molecule has 1 aliphatic rings. The van der Waals surface area contributed by atoms with E-state index in [0.29, 0.717) is 27.6 Å². The fourth-order valence-electron chi connectivity index (χ4n) is 3.11. The van der Waals surface area contributed by atoms with Gasteiger partial charge in [-0.15, -0.1) is 0 Å². The standard InChI is InChI=1S/C25H18ClFO4/c1-29-22-7-3-2-5-16(22)6-4-8-23-25(28)20-12-11-19(14-24(20)31-23)30-15-17-9-10-18(27)13-21(17)26/h2-14H,15H2,1H3/b6-4+,23-8-. The molecule has 3 aromatic carbocycles. The maximum atomic E-state index is 13.2. The second-order valence-corrected chi connectivity index (χ2v) is 7.15. The number of Topliss-reactive ketones (excluding diaryl/α,β-unsaturated/α-hetero) is 1. The molecule has 0 saturated heterocycles. The summed E-state index contributed by atoms with van der Waals surface area (Å²) in [6.45, 7) is 0.163. The van der Waals surface area contributed by atoms with Gasteiger partial charge in [0.1, 0.15) is 29.7 Å². The van der Waals surface area contributed by atoms with Gasteiger partial charge < -0.3 is 14.2 Å². The van der Waals surface area contributed by atoms with E-state index in [1.54, 1.807) is 43.5 Å². The number of ether oxygens (including phenoxy) is 3. The minimum absolute atomic E-state index is 0.163. The highest BCUT2D eigenvalue weighted by molar-refractivity contribution is 6.31. The van der Waals surface area contributed by atoms with Gasteiger partial charge in [-0.2, -0.15) is 0 Å². The summed E-state index contributed by atoms with van der Waals surface area (Å²) >= 11 is 6.03. The Labute approximate surface area is 184 Å². The van der Waals surface area contributed by atoms with E-state index in [-0.39, 0.29) is 18.1 Å². The lowest BCUT2D eigenvalue weighted by atomic mass is 10.1. The number of benzene rings is 3. The van der Waals surface area contributed by atoms with E-state index >= 15 is 0 Å². The number of carbonyl (C=O) groups is 1. The molecule has 0 atom stereocenters. The van der Waals surface area contributed by atoms with Gasteiger partial charge in [0, 0.05) is 17.2 Å². The highest BCUT2D eigenvalue weighted by Crippen LogP contribution is 2.34. The topological polar surface area (TPSA) is 44.8 Å². The smallest absolute Gasteiger partial charge is 0.231 e. The predicted molar refractivity (Wildman–Crippen MR) is 117 cm³/mol. The molecule has 1 aliphatic heterocycles. The molecule has 1 heterocycles. The molecule has 0 fully saturated rings. The SMILES string of the molecule is COc1ccccc1/C=C/C=C1\Oc2cc(OCc3ccc(F)cc3Cl)ccc2C1=O. The molecule has 0 saturated carbocycles. The van der Waals surface area contributed by atoms with Gasteiger partial charge in [-0.05, 0) is 36.4 Å². The zero-order chi connectivity index (χ0) is 21.8. The second-order valence-electron chi connectivity index (χ2n) is 6.75. The second kappa shape index (κ2) is 9.06. The summed E-state index contributed by atoms with van der Waals surface area (Å²) in [4.78, 5) is 12.6. The van der Waals surface area contributed by atoms with E-state index in [0.717, 1.165) is 11.3 Å². The Kier molecular flexibility index (Phi) is 6.05. The Morgan fingerprint density at radius 3 is 2.74 bits per heavy atom. The van der Waals surface area contributed by atoms with Crippen LogP contribution in [0.1, 0.15) is 21.5 Å². The first kappa shape index (κ1) is 20.7. The molecule has 0 amide bonds. The van der Waals surface area contributed by atoms with Crippen molar-refractivity contribution in [3.8, 4) is 17.2 Å². The van der Waals surface area contributed by atoms with Gasteiger partial charge in [0.15, 0.2) is 5.76 Å². The van der Waals surface area contributed by atoms with Crippen molar-refractivity contribution in [1.82, 2.24) is 0 Å². The zero-order valence-corrected chi connectivity index (χ0v) is 17.4. The van der Waals surface area contributed by atoms with Crippen molar-refractivity contribution in [2.45, 2.75) is 6.61 Å². The molecule has 0 aromatic heterocycles. The molecule has 31 heavy (non-hydrogen) atoms. The number of allylic oxidation sites excluding steroid dienone is 3. The number of ketones is 1. The minimum atomic E-state index is -0.405. The minimum Gasteiger partial charge on any atom is -0.496 e. The van der Waals surface area contributed by atoms with Crippen LogP contribution >= 0.6 is 11.6 Å². The normalized spacial score (nSPS) is 14.0. The monoisotopic (exact) mass is 436 g/mol. The number of halogens is 2. The van der Waals surface area contributed by atoms with Gasteiger partial charge in [0.25, 0.3) is 0 Å². The summed E-state index contributed by atoms with van der Waals surface area (Å²) in [5, 5.41) is 0.291. The zero-order valence-electron chi connectivity index (χ0n) is 16.6. The van der Waals surface area contributed by atoms with Gasteiger partial charge >= 0.3 is 0 Å². The highest BCUT2D eigenvalue weighted by Gasteiger charge is 2.27. The lowest BCUT2D eigenvalue weighted by Gasteiger charge is -2.08. The third-order valence-corrected chi connectivity index (χ3v) is 5.07. The maximum absolute atomic E-state index is 13.2. The van der Waals surface area contributed by atoms with Gasteiger partial charge in [0.05, 0.1) is 17.7 Å². The summed E-state index contributed by atoms with van der Waals surface area (Å²) in [6, 6.07) is 16.7. The number of fused-ring (bicyclic) bond motifs is 1. The van der Waals surface area contributed by atoms with Gasteiger partial charge in [-0.25, -0.2) is 4.39 Å². The van der Waals surface area contributed by atoms with E-state index in [1.807, 2.05) is 30.3 Å². The Bertz CT molecular complexity index is 1200. The van der Waals surface area contributed by atoms with Crippen molar-refractivity contribution in [3.63, 3.8) is 0 Å². The summed E-state index contributed by atoms with van der Waals surface area (Å²) in [7, 11) is 1.61. The van der Waals surface area contributed by atoms with Crippen LogP contribution in [-0.4, -0.2) is 12.9 Å². The molecule has 156 valence electrons. The van der Waals surface area contributed by atoms with Crippen LogP contribution in [0.3, 0.4) is 0 Å². The van der Waals surface area contributed by atoms with Crippen LogP contribution < -0.4 is 14.2 Å².